The lowest BCUT2D eigenvalue weighted by Crippen LogP contribution is -3.00. The van der Waals surface area contributed by atoms with Crippen molar-refractivity contribution in [3.63, 3.8) is 0 Å². The molecule has 4 nitrogen and oxygen atoms in total. The van der Waals surface area contributed by atoms with E-state index < -0.39 is 6.10 Å². The summed E-state index contributed by atoms with van der Waals surface area (Å²) in [5.74, 6) is -0.283. The number of quaternary nitrogens is 1. The second kappa shape index (κ2) is 12.4. The van der Waals surface area contributed by atoms with Crippen molar-refractivity contribution in [1.29, 1.82) is 0 Å². The maximum Gasteiger partial charge on any atom is 0.308 e. The summed E-state index contributed by atoms with van der Waals surface area (Å²) in [7, 11) is 5.97. The third kappa shape index (κ3) is 15.7. The van der Waals surface area contributed by atoms with E-state index in [9.17, 15) is 9.90 Å². The van der Waals surface area contributed by atoms with Crippen molar-refractivity contribution < 1.29 is 31.5 Å². The molecule has 0 heterocycles. The number of nitrogens with zero attached hydrogens (tertiary/aromatic N) is 1. The van der Waals surface area contributed by atoms with Crippen molar-refractivity contribution in [2.24, 2.45) is 0 Å². The van der Waals surface area contributed by atoms with E-state index in [1.807, 2.05) is 21.1 Å². The normalized spacial score (nSPS) is 12.7. The van der Waals surface area contributed by atoms with E-state index in [1.54, 1.807) is 0 Å². The van der Waals surface area contributed by atoms with Crippen molar-refractivity contribution in [1.82, 2.24) is 0 Å². The molecule has 0 aliphatic heterocycles. The maximum absolute atomic E-state index is 11.5. The zero-order valence-electron chi connectivity index (χ0n) is 13.5. The Kier molecular flexibility index (Phi) is 13.6. The van der Waals surface area contributed by atoms with Gasteiger partial charge in [0.15, 0.2) is 0 Å². The minimum absolute atomic E-state index is 0. The topological polar surface area (TPSA) is 46.5 Å². The van der Waals surface area contributed by atoms with Crippen molar-refractivity contribution in [2.75, 3.05) is 34.3 Å². The minimum Gasteiger partial charge on any atom is -1.00 e. The van der Waals surface area contributed by atoms with Gasteiger partial charge in [-0.15, -0.1) is 0 Å². The number of halogens is 1. The molecule has 5 heteroatoms. The Bertz CT molecular complexity index is 242. The van der Waals surface area contributed by atoms with Gasteiger partial charge >= 0.3 is 5.97 Å². The molecule has 0 saturated carbocycles. The van der Waals surface area contributed by atoms with Gasteiger partial charge in [-0.25, -0.2) is 0 Å². The predicted molar refractivity (Wildman–Crippen MR) is 77.9 cm³/mol. The highest BCUT2D eigenvalue weighted by Crippen LogP contribution is 2.06. The first kappa shape index (κ1) is 22.0. The van der Waals surface area contributed by atoms with Gasteiger partial charge in [-0.2, -0.15) is 0 Å². The van der Waals surface area contributed by atoms with Gasteiger partial charge in [0.25, 0.3) is 0 Å². The van der Waals surface area contributed by atoms with Crippen molar-refractivity contribution in [2.45, 2.75) is 58.0 Å². The molecule has 0 spiro atoms. The number of aliphatic hydroxyl groups is 1. The number of rotatable bonds is 11. The summed E-state index contributed by atoms with van der Waals surface area (Å²) in [4.78, 5) is 11.5. The maximum atomic E-state index is 11.5. The second-order valence-corrected chi connectivity index (χ2v) is 6.32. The molecule has 0 fully saturated rings. The summed E-state index contributed by atoms with van der Waals surface area (Å²) in [6, 6.07) is 0. The van der Waals surface area contributed by atoms with E-state index in [4.69, 9.17) is 4.74 Å². The van der Waals surface area contributed by atoms with Crippen molar-refractivity contribution in [3.8, 4) is 0 Å². The van der Waals surface area contributed by atoms with Crippen molar-refractivity contribution in [3.05, 3.63) is 0 Å². The lowest BCUT2D eigenvalue weighted by molar-refractivity contribution is -0.873. The highest BCUT2D eigenvalue weighted by Gasteiger charge is 2.19. The predicted octanol–water partition coefficient (Wildman–Crippen LogP) is -0.649. The van der Waals surface area contributed by atoms with Crippen LogP contribution in [0.15, 0.2) is 0 Å². The van der Waals surface area contributed by atoms with Gasteiger partial charge in [-0.1, -0.05) is 39.0 Å². The first-order valence-electron chi connectivity index (χ1n) is 7.49. The van der Waals surface area contributed by atoms with Crippen LogP contribution in [-0.4, -0.2) is 56.0 Å². The molecule has 0 aliphatic rings. The summed E-state index contributed by atoms with van der Waals surface area (Å²) < 4.78 is 5.77. The third-order valence-electron chi connectivity index (χ3n) is 2.92. The summed E-state index contributed by atoms with van der Waals surface area (Å²) in [6.45, 7) is 3.25. The second-order valence-electron chi connectivity index (χ2n) is 6.32. The molecule has 0 amide bonds. The molecular formula is C15H32ClNO3. The van der Waals surface area contributed by atoms with E-state index in [0.29, 0.717) is 17.6 Å². The Hall–Kier alpha value is -0.320. The average Bonchev–Trinajstić information content (AvgIpc) is 2.25. The van der Waals surface area contributed by atoms with Gasteiger partial charge in [0.2, 0.25) is 0 Å². The van der Waals surface area contributed by atoms with Crippen LogP contribution in [0.5, 0.6) is 0 Å². The number of ether oxygens (including phenoxy) is 1. The number of aliphatic hydroxyl groups excluding tert-OH is 1. The zero-order chi connectivity index (χ0) is 14.7. The monoisotopic (exact) mass is 309 g/mol. The zero-order valence-corrected chi connectivity index (χ0v) is 14.3. The largest absolute Gasteiger partial charge is 1.00 e. The number of hydrogen-bond acceptors (Lipinski definition) is 3. The number of unbranched alkanes of at least 4 members (excludes halogenated alkanes) is 5. The van der Waals surface area contributed by atoms with Crippen LogP contribution in [-0.2, 0) is 9.53 Å². The van der Waals surface area contributed by atoms with Crippen LogP contribution < -0.4 is 12.4 Å². The summed E-state index contributed by atoms with van der Waals surface area (Å²) in [5, 5.41) is 9.74. The van der Waals surface area contributed by atoms with Crippen LogP contribution in [0.25, 0.3) is 0 Å². The standard InChI is InChI=1S/C15H32NO3.ClH/c1-5-6-7-8-9-10-11-19-15(18)12-14(17)13-16(2,3)4;/h14,17H,5-13H2,1-4H3;1H/q+1;/p-1. The van der Waals surface area contributed by atoms with Gasteiger partial charge in [-0.05, 0) is 6.42 Å². The molecule has 20 heavy (non-hydrogen) atoms. The van der Waals surface area contributed by atoms with E-state index >= 15 is 0 Å². The number of carbonyl (C=O) groups excluding carboxylic acids is 1. The summed E-state index contributed by atoms with van der Waals surface area (Å²) in [6.07, 6.45) is 6.57. The lowest BCUT2D eigenvalue weighted by Gasteiger charge is -2.26. The first-order chi connectivity index (χ1) is 8.85. The Morgan fingerprint density at radius 2 is 1.65 bits per heavy atom. The highest BCUT2D eigenvalue weighted by molar-refractivity contribution is 5.69. The van der Waals surface area contributed by atoms with Crippen LogP contribution in [0.3, 0.4) is 0 Å². The Morgan fingerprint density at radius 3 is 2.20 bits per heavy atom. The molecule has 0 radical (unpaired) electrons. The SMILES string of the molecule is CCCCCCCCOC(=O)CC(O)C[N+](C)(C)C.[Cl-]. The molecule has 0 aromatic heterocycles. The van der Waals surface area contributed by atoms with E-state index in [-0.39, 0.29) is 24.8 Å². The molecule has 1 atom stereocenters. The number of esters is 1. The smallest absolute Gasteiger partial charge is 0.308 e. The molecule has 122 valence electrons. The molecule has 0 bridgehead atoms. The molecule has 0 aromatic carbocycles. The van der Waals surface area contributed by atoms with Crippen LogP contribution in [0.4, 0.5) is 0 Å². The quantitative estimate of drug-likeness (QED) is 0.313. The molecule has 0 aromatic rings. The fourth-order valence-corrected chi connectivity index (χ4v) is 2.02. The van der Waals surface area contributed by atoms with E-state index in [1.165, 1.54) is 25.7 Å². The van der Waals surface area contributed by atoms with Crippen LogP contribution in [0.2, 0.25) is 0 Å². The molecular weight excluding hydrogens is 278 g/mol. The lowest BCUT2D eigenvalue weighted by atomic mass is 10.1. The summed E-state index contributed by atoms with van der Waals surface area (Å²) >= 11 is 0. The Morgan fingerprint density at radius 1 is 1.10 bits per heavy atom. The first-order valence-corrected chi connectivity index (χ1v) is 7.49. The fourth-order valence-electron chi connectivity index (χ4n) is 2.02. The Balaban J connectivity index is 0. The van der Waals surface area contributed by atoms with Gasteiger partial charge in [0.05, 0.1) is 34.2 Å². The highest BCUT2D eigenvalue weighted by atomic mass is 35.5. The van der Waals surface area contributed by atoms with E-state index in [0.717, 1.165) is 12.8 Å². The number of hydrogen-bond donors (Lipinski definition) is 1. The Labute approximate surface area is 130 Å². The number of carbonyl (C=O) groups is 1. The number of likely N-dealkylation sites (N-methyl/N-ethyl adjacent to an activating group) is 1. The fraction of sp³-hybridized carbons (Fsp3) is 0.933. The van der Waals surface area contributed by atoms with Crippen LogP contribution >= 0.6 is 0 Å². The third-order valence-corrected chi connectivity index (χ3v) is 2.92. The molecule has 0 saturated heterocycles. The van der Waals surface area contributed by atoms with Gasteiger partial charge < -0.3 is 26.7 Å². The molecule has 0 rings (SSSR count). The van der Waals surface area contributed by atoms with Crippen LogP contribution in [0.1, 0.15) is 51.9 Å². The van der Waals surface area contributed by atoms with E-state index in [2.05, 4.69) is 6.92 Å². The van der Waals surface area contributed by atoms with Gasteiger partial charge in [0, 0.05) is 0 Å². The molecule has 0 aliphatic carbocycles. The van der Waals surface area contributed by atoms with Gasteiger partial charge in [-0.3, -0.25) is 4.79 Å². The van der Waals surface area contributed by atoms with Crippen molar-refractivity contribution >= 4 is 5.97 Å². The van der Waals surface area contributed by atoms with Crippen LogP contribution in [0, 0.1) is 0 Å². The average molecular weight is 310 g/mol. The summed E-state index contributed by atoms with van der Waals surface area (Å²) in [5.41, 5.74) is 0. The minimum atomic E-state index is -0.614. The molecule has 1 unspecified atom stereocenters. The van der Waals surface area contributed by atoms with Gasteiger partial charge in [0.1, 0.15) is 12.6 Å². The molecule has 1 N–H and O–H groups in total.